The molecule has 4 nitrogen and oxygen atoms in total. The third kappa shape index (κ3) is 2.89. The lowest BCUT2D eigenvalue weighted by molar-refractivity contribution is -0.116. The van der Waals surface area contributed by atoms with E-state index in [1.165, 1.54) is 22.1 Å². The molecule has 1 N–H and O–H groups in total. The lowest BCUT2D eigenvalue weighted by atomic mass is 10.3. The molecule has 0 aliphatic heterocycles. The van der Waals surface area contributed by atoms with Gasteiger partial charge >= 0.3 is 0 Å². The topological polar surface area (TPSA) is 51.1 Å². The maximum absolute atomic E-state index is 13.1. The first-order chi connectivity index (χ1) is 10.5. The minimum Gasteiger partial charge on any atom is -0.324 e. The van der Waals surface area contributed by atoms with Gasteiger partial charge < -0.3 is 9.88 Å². The molecule has 0 bridgehead atoms. The van der Waals surface area contributed by atoms with E-state index in [0.717, 1.165) is 16.8 Å². The number of hydrogen-bond acceptors (Lipinski definition) is 3. The average Bonchev–Trinajstić information content (AvgIpc) is 2.90. The van der Waals surface area contributed by atoms with E-state index in [9.17, 15) is 18.4 Å². The molecule has 0 saturated heterocycles. The number of halogens is 2. The van der Waals surface area contributed by atoms with Crippen LogP contribution in [0.5, 0.6) is 0 Å². The van der Waals surface area contributed by atoms with Crippen molar-refractivity contribution < 1.29 is 13.6 Å². The summed E-state index contributed by atoms with van der Waals surface area (Å²) in [6.45, 7) is -0.233. The molecule has 0 aliphatic carbocycles. The van der Waals surface area contributed by atoms with E-state index in [1.807, 2.05) is 0 Å². The van der Waals surface area contributed by atoms with E-state index in [4.69, 9.17) is 0 Å². The summed E-state index contributed by atoms with van der Waals surface area (Å²) in [6, 6.07) is 6.16. The van der Waals surface area contributed by atoms with Crippen LogP contribution in [0.2, 0.25) is 0 Å². The lowest BCUT2D eigenvalue weighted by Gasteiger charge is -2.08. The smallest absolute Gasteiger partial charge is 0.259 e. The number of aromatic nitrogens is 1. The summed E-state index contributed by atoms with van der Waals surface area (Å²) in [5.74, 6) is -2.11. The summed E-state index contributed by atoms with van der Waals surface area (Å²) in [5.41, 5.74) is -0.272. The summed E-state index contributed by atoms with van der Waals surface area (Å²) in [5, 5.41) is 4.70. The number of hydrogen-bond donors (Lipinski definition) is 1. The van der Waals surface area contributed by atoms with Crippen LogP contribution in [0.1, 0.15) is 0 Å². The molecule has 1 amide bonds. The van der Waals surface area contributed by atoms with E-state index in [2.05, 4.69) is 5.32 Å². The molecular weight excluding hydrogens is 310 g/mol. The number of thiophene rings is 1. The van der Waals surface area contributed by atoms with Gasteiger partial charge in [0.2, 0.25) is 5.91 Å². The second-order valence-corrected chi connectivity index (χ2v) is 5.60. The minimum absolute atomic E-state index is 0.00663. The molecule has 2 aromatic heterocycles. The van der Waals surface area contributed by atoms with Gasteiger partial charge in [-0.3, -0.25) is 9.59 Å². The molecule has 112 valence electrons. The zero-order chi connectivity index (χ0) is 15.7. The summed E-state index contributed by atoms with van der Waals surface area (Å²) in [7, 11) is 0. The largest absolute Gasteiger partial charge is 0.324 e. The normalized spacial score (nSPS) is 10.8. The van der Waals surface area contributed by atoms with Gasteiger partial charge in [0.25, 0.3) is 5.56 Å². The predicted octanol–water partition coefficient (Wildman–Crippen LogP) is 2.98. The first kappa shape index (κ1) is 14.4. The Balaban J connectivity index is 1.81. The van der Waals surface area contributed by atoms with Crippen LogP contribution in [0, 0.1) is 11.6 Å². The van der Waals surface area contributed by atoms with E-state index >= 15 is 0 Å². The molecule has 0 spiro atoms. The number of nitrogens with zero attached hydrogens (tertiary/aromatic N) is 1. The van der Waals surface area contributed by atoms with E-state index < -0.39 is 17.5 Å². The van der Waals surface area contributed by atoms with Gasteiger partial charge in [-0.1, -0.05) is 0 Å². The Bertz CT molecular complexity index is 897. The van der Waals surface area contributed by atoms with Crippen molar-refractivity contribution in [1.29, 1.82) is 0 Å². The van der Waals surface area contributed by atoms with Crippen molar-refractivity contribution in [2.75, 3.05) is 5.32 Å². The number of pyridine rings is 1. The van der Waals surface area contributed by atoms with Crippen LogP contribution in [-0.4, -0.2) is 10.5 Å². The number of amides is 1. The Morgan fingerprint density at radius 3 is 2.64 bits per heavy atom. The maximum Gasteiger partial charge on any atom is 0.259 e. The number of rotatable bonds is 3. The highest BCUT2D eigenvalue weighted by molar-refractivity contribution is 7.17. The molecule has 0 atom stereocenters. The molecule has 22 heavy (non-hydrogen) atoms. The van der Waals surface area contributed by atoms with Crippen LogP contribution in [-0.2, 0) is 11.3 Å². The third-order valence-corrected chi connectivity index (χ3v) is 3.93. The number of anilines is 1. The molecule has 0 fully saturated rings. The summed E-state index contributed by atoms with van der Waals surface area (Å²) in [6.07, 6.45) is 1.52. The second-order valence-electron chi connectivity index (χ2n) is 4.65. The van der Waals surface area contributed by atoms with Gasteiger partial charge in [-0.05, 0) is 29.6 Å². The van der Waals surface area contributed by atoms with Crippen molar-refractivity contribution in [3.05, 3.63) is 63.9 Å². The Hall–Kier alpha value is -2.54. The summed E-state index contributed by atoms with van der Waals surface area (Å²) < 4.78 is 28.2. The van der Waals surface area contributed by atoms with Crippen LogP contribution in [0.4, 0.5) is 14.5 Å². The fourth-order valence-corrected chi connectivity index (χ4v) is 2.89. The maximum atomic E-state index is 13.1. The quantitative estimate of drug-likeness (QED) is 0.806. The summed E-state index contributed by atoms with van der Waals surface area (Å²) in [4.78, 5) is 24.1. The Labute approximate surface area is 127 Å². The van der Waals surface area contributed by atoms with Crippen LogP contribution < -0.4 is 10.9 Å². The average molecular weight is 320 g/mol. The fraction of sp³-hybridized carbons (Fsp3) is 0.0667. The van der Waals surface area contributed by atoms with Crippen molar-refractivity contribution in [2.45, 2.75) is 6.54 Å². The minimum atomic E-state index is -0.785. The van der Waals surface area contributed by atoms with Crippen LogP contribution in [0.15, 0.2) is 46.7 Å². The van der Waals surface area contributed by atoms with Gasteiger partial charge in [0.05, 0.1) is 5.39 Å². The van der Waals surface area contributed by atoms with Crippen molar-refractivity contribution in [3.8, 4) is 0 Å². The number of carbonyl (C=O) groups excluding carboxylic acids is 1. The lowest BCUT2D eigenvalue weighted by Crippen LogP contribution is -2.27. The first-order valence-corrected chi connectivity index (χ1v) is 7.23. The second kappa shape index (κ2) is 5.69. The molecule has 0 saturated carbocycles. The first-order valence-electron chi connectivity index (χ1n) is 6.35. The Kier molecular flexibility index (Phi) is 3.72. The Morgan fingerprint density at radius 2 is 1.91 bits per heavy atom. The standard InChI is InChI=1S/C15H10F2N2O2S/c16-9-5-10(17)7-11(6-9)18-14(20)8-19-3-1-13-12(15(19)21)2-4-22-13/h1-7H,8H2,(H,18,20). The van der Waals surface area contributed by atoms with Gasteiger partial charge in [-0.25, -0.2) is 8.78 Å². The molecule has 0 unspecified atom stereocenters. The molecule has 3 aromatic rings. The number of carbonyl (C=O) groups is 1. The fourth-order valence-electron chi connectivity index (χ4n) is 2.11. The van der Waals surface area contributed by atoms with Gasteiger partial charge in [0.1, 0.15) is 18.2 Å². The van der Waals surface area contributed by atoms with Crippen LogP contribution in [0.25, 0.3) is 10.1 Å². The number of benzene rings is 1. The monoisotopic (exact) mass is 320 g/mol. The van der Waals surface area contributed by atoms with Crippen molar-refractivity contribution >= 4 is 33.0 Å². The van der Waals surface area contributed by atoms with Crippen molar-refractivity contribution in [3.63, 3.8) is 0 Å². The van der Waals surface area contributed by atoms with Crippen LogP contribution in [0.3, 0.4) is 0 Å². The van der Waals surface area contributed by atoms with Gasteiger partial charge in [0.15, 0.2) is 0 Å². The Morgan fingerprint density at radius 1 is 1.18 bits per heavy atom. The molecule has 3 rings (SSSR count). The van der Waals surface area contributed by atoms with E-state index in [1.54, 1.807) is 17.5 Å². The number of fused-ring (bicyclic) bond motifs is 1. The third-order valence-electron chi connectivity index (χ3n) is 3.05. The summed E-state index contributed by atoms with van der Waals surface area (Å²) >= 11 is 1.44. The predicted molar refractivity (Wildman–Crippen MR) is 81.1 cm³/mol. The highest BCUT2D eigenvalue weighted by atomic mass is 32.1. The molecule has 1 aromatic carbocycles. The van der Waals surface area contributed by atoms with Gasteiger partial charge in [0, 0.05) is 22.7 Å². The van der Waals surface area contributed by atoms with Crippen LogP contribution >= 0.6 is 11.3 Å². The SMILES string of the molecule is O=C(Cn1ccc2sccc2c1=O)Nc1cc(F)cc(F)c1. The van der Waals surface area contributed by atoms with Crippen molar-refractivity contribution in [1.82, 2.24) is 4.57 Å². The molecule has 7 heteroatoms. The van der Waals surface area contributed by atoms with E-state index in [0.29, 0.717) is 11.5 Å². The molecule has 0 radical (unpaired) electrons. The molecule has 2 heterocycles. The zero-order valence-electron chi connectivity index (χ0n) is 11.2. The zero-order valence-corrected chi connectivity index (χ0v) is 12.0. The highest BCUT2D eigenvalue weighted by Gasteiger charge is 2.09. The molecule has 0 aliphatic rings. The van der Waals surface area contributed by atoms with Crippen molar-refractivity contribution in [2.24, 2.45) is 0 Å². The van der Waals surface area contributed by atoms with Gasteiger partial charge in [-0.2, -0.15) is 0 Å². The van der Waals surface area contributed by atoms with E-state index in [-0.39, 0.29) is 17.8 Å². The highest BCUT2D eigenvalue weighted by Crippen LogP contribution is 2.16. The van der Waals surface area contributed by atoms with Gasteiger partial charge in [-0.15, -0.1) is 11.3 Å². The number of nitrogens with one attached hydrogen (secondary N) is 1. The molecular formula is C15H10F2N2O2S.